The van der Waals surface area contributed by atoms with Crippen molar-refractivity contribution in [1.29, 1.82) is 0 Å². The van der Waals surface area contributed by atoms with Crippen molar-refractivity contribution >= 4 is 11.7 Å². The molecule has 5 heteroatoms. The van der Waals surface area contributed by atoms with Crippen molar-refractivity contribution in [1.82, 2.24) is 9.78 Å². The van der Waals surface area contributed by atoms with E-state index in [2.05, 4.69) is 5.10 Å². The fourth-order valence-corrected chi connectivity index (χ4v) is 2.73. The second-order valence-electron chi connectivity index (χ2n) is 5.03. The van der Waals surface area contributed by atoms with Crippen LogP contribution in [0.25, 0.3) is 5.69 Å². The van der Waals surface area contributed by atoms with Crippen LogP contribution in [0.3, 0.4) is 0 Å². The first kappa shape index (κ1) is 12.9. The van der Waals surface area contributed by atoms with Gasteiger partial charge in [0.25, 0.3) is 0 Å². The summed E-state index contributed by atoms with van der Waals surface area (Å²) in [6, 6.07) is 9.40. The molecule has 3 rings (SSSR count). The minimum Gasteiger partial charge on any atom is -0.320 e. The van der Waals surface area contributed by atoms with Crippen molar-refractivity contribution < 1.29 is 4.79 Å². The Balaban J connectivity index is 2.21. The van der Waals surface area contributed by atoms with E-state index >= 15 is 0 Å². The first-order chi connectivity index (χ1) is 9.63. The highest BCUT2D eigenvalue weighted by Crippen LogP contribution is 2.32. The van der Waals surface area contributed by atoms with Crippen LogP contribution < -0.4 is 10.6 Å². The van der Waals surface area contributed by atoms with E-state index in [4.69, 9.17) is 5.73 Å². The molecule has 0 saturated carbocycles. The van der Waals surface area contributed by atoms with Gasteiger partial charge in [0.2, 0.25) is 5.91 Å². The Morgan fingerprint density at radius 1 is 1.35 bits per heavy atom. The van der Waals surface area contributed by atoms with Gasteiger partial charge in [-0.25, -0.2) is 4.68 Å². The summed E-state index contributed by atoms with van der Waals surface area (Å²) in [5, 5.41) is 4.60. The third kappa shape index (κ3) is 1.82. The van der Waals surface area contributed by atoms with Gasteiger partial charge in [-0.3, -0.25) is 9.69 Å². The number of anilines is 1. The van der Waals surface area contributed by atoms with E-state index in [1.54, 1.807) is 4.90 Å². The monoisotopic (exact) mass is 270 g/mol. The zero-order valence-corrected chi connectivity index (χ0v) is 11.7. The average Bonchev–Trinajstić information content (AvgIpc) is 2.78. The van der Waals surface area contributed by atoms with Crippen molar-refractivity contribution in [2.75, 3.05) is 11.4 Å². The number of hydrogen-bond acceptors (Lipinski definition) is 3. The van der Waals surface area contributed by atoms with E-state index in [0.29, 0.717) is 13.0 Å². The molecular weight excluding hydrogens is 252 g/mol. The summed E-state index contributed by atoms with van der Waals surface area (Å²) in [5.74, 6) is 0.833. The average molecular weight is 270 g/mol. The predicted octanol–water partition coefficient (Wildman–Crippen LogP) is 1.42. The van der Waals surface area contributed by atoms with Crippen molar-refractivity contribution in [3.05, 3.63) is 41.6 Å². The van der Waals surface area contributed by atoms with Crippen molar-refractivity contribution in [3.63, 3.8) is 0 Å². The molecule has 1 unspecified atom stereocenters. The van der Waals surface area contributed by atoms with Gasteiger partial charge in [-0.1, -0.05) is 18.2 Å². The van der Waals surface area contributed by atoms with Crippen LogP contribution in [0.1, 0.15) is 18.2 Å². The number of aryl methyl sites for hydroxylation is 1. The Labute approximate surface area is 118 Å². The molecule has 1 aliphatic heterocycles. The number of carbonyl (C=O) groups is 1. The number of carbonyl (C=O) groups excluding carboxylic acids is 1. The summed E-state index contributed by atoms with van der Waals surface area (Å²) < 4.78 is 1.85. The molecule has 1 amide bonds. The molecule has 5 nitrogen and oxygen atoms in total. The Morgan fingerprint density at radius 2 is 2.05 bits per heavy atom. The Kier molecular flexibility index (Phi) is 3.06. The molecular formula is C15H18N4O. The molecule has 2 N–H and O–H groups in total. The number of rotatable bonds is 2. The quantitative estimate of drug-likeness (QED) is 0.897. The number of para-hydroxylation sites is 1. The largest absolute Gasteiger partial charge is 0.320 e. The normalized spacial score (nSPS) is 18.2. The Morgan fingerprint density at radius 3 is 2.70 bits per heavy atom. The lowest BCUT2D eigenvalue weighted by Crippen LogP contribution is -2.49. The van der Waals surface area contributed by atoms with Crippen LogP contribution in [-0.4, -0.2) is 28.3 Å². The number of fused-ring (bicyclic) bond motifs is 1. The van der Waals surface area contributed by atoms with E-state index in [-0.39, 0.29) is 5.91 Å². The van der Waals surface area contributed by atoms with E-state index in [1.165, 1.54) is 0 Å². The topological polar surface area (TPSA) is 64.2 Å². The molecule has 0 spiro atoms. The minimum atomic E-state index is -0.463. The first-order valence-corrected chi connectivity index (χ1v) is 6.84. The summed E-state index contributed by atoms with van der Waals surface area (Å²) >= 11 is 0. The van der Waals surface area contributed by atoms with Crippen LogP contribution in [0, 0.1) is 6.92 Å². The minimum absolute atomic E-state index is 0.0305. The molecule has 2 heterocycles. The lowest BCUT2D eigenvalue weighted by Gasteiger charge is -2.30. The van der Waals surface area contributed by atoms with Crippen molar-refractivity contribution in [2.24, 2.45) is 5.73 Å². The summed E-state index contributed by atoms with van der Waals surface area (Å²) in [6.07, 6.45) is 0.559. The molecule has 20 heavy (non-hydrogen) atoms. The molecule has 1 aliphatic rings. The second-order valence-corrected chi connectivity index (χ2v) is 5.03. The lowest BCUT2D eigenvalue weighted by molar-refractivity contribution is -0.120. The lowest BCUT2D eigenvalue weighted by atomic mass is 10.0. The van der Waals surface area contributed by atoms with E-state index < -0.39 is 6.04 Å². The third-order valence-electron chi connectivity index (χ3n) is 3.74. The summed E-state index contributed by atoms with van der Waals surface area (Å²) in [7, 11) is 0. The van der Waals surface area contributed by atoms with Gasteiger partial charge in [-0.05, 0) is 26.0 Å². The van der Waals surface area contributed by atoms with Crippen LogP contribution >= 0.6 is 0 Å². The van der Waals surface area contributed by atoms with Gasteiger partial charge >= 0.3 is 0 Å². The molecule has 2 aromatic rings. The SMILES string of the molecule is CCN1C(=O)C(N)Cc2c(C)nn(-c3ccccc3)c21. The summed E-state index contributed by atoms with van der Waals surface area (Å²) in [6.45, 7) is 4.52. The van der Waals surface area contributed by atoms with Gasteiger partial charge in [-0.15, -0.1) is 0 Å². The number of aromatic nitrogens is 2. The second kappa shape index (κ2) is 4.76. The number of hydrogen-bond donors (Lipinski definition) is 1. The van der Waals surface area contributed by atoms with Crippen molar-refractivity contribution in [3.8, 4) is 5.69 Å². The van der Waals surface area contributed by atoms with Crippen LogP contribution in [0.2, 0.25) is 0 Å². The van der Waals surface area contributed by atoms with Crippen LogP contribution in [-0.2, 0) is 11.2 Å². The first-order valence-electron chi connectivity index (χ1n) is 6.84. The van der Waals surface area contributed by atoms with Gasteiger partial charge in [0.15, 0.2) is 0 Å². The summed E-state index contributed by atoms with van der Waals surface area (Å²) in [4.78, 5) is 14.0. The van der Waals surface area contributed by atoms with E-state index in [0.717, 1.165) is 22.8 Å². The van der Waals surface area contributed by atoms with Gasteiger partial charge in [-0.2, -0.15) is 5.10 Å². The molecule has 104 valence electrons. The van der Waals surface area contributed by atoms with Crippen LogP contribution in [0.5, 0.6) is 0 Å². The maximum Gasteiger partial charge on any atom is 0.245 e. The van der Waals surface area contributed by atoms with Crippen molar-refractivity contribution in [2.45, 2.75) is 26.3 Å². The van der Waals surface area contributed by atoms with Gasteiger partial charge in [0.05, 0.1) is 17.4 Å². The predicted molar refractivity (Wildman–Crippen MR) is 78.0 cm³/mol. The van der Waals surface area contributed by atoms with E-state index in [9.17, 15) is 4.79 Å². The number of nitrogens with two attached hydrogens (primary N) is 1. The molecule has 0 bridgehead atoms. The Hall–Kier alpha value is -2.14. The highest BCUT2D eigenvalue weighted by Gasteiger charge is 2.34. The zero-order chi connectivity index (χ0) is 14.3. The standard InChI is InChI=1S/C15H18N4O/c1-3-18-14-12(9-13(16)15(18)20)10(2)17-19(14)11-7-5-4-6-8-11/h4-8,13H,3,9,16H2,1-2H3. The van der Waals surface area contributed by atoms with E-state index in [1.807, 2.05) is 48.9 Å². The molecule has 1 atom stereocenters. The Bertz CT molecular complexity index is 647. The smallest absolute Gasteiger partial charge is 0.245 e. The van der Waals surface area contributed by atoms with Gasteiger partial charge < -0.3 is 5.73 Å². The fraction of sp³-hybridized carbons (Fsp3) is 0.333. The maximum absolute atomic E-state index is 12.3. The number of amides is 1. The number of nitrogens with zero attached hydrogens (tertiary/aromatic N) is 3. The van der Waals surface area contributed by atoms with Crippen LogP contribution in [0.4, 0.5) is 5.82 Å². The highest BCUT2D eigenvalue weighted by molar-refractivity contribution is 5.99. The third-order valence-corrected chi connectivity index (χ3v) is 3.74. The molecule has 0 fully saturated rings. The molecule has 1 aromatic heterocycles. The fourth-order valence-electron chi connectivity index (χ4n) is 2.73. The summed E-state index contributed by atoms with van der Waals surface area (Å²) in [5.41, 5.74) is 8.91. The number of benzene rings is 1. The highest BCUT2D eigenvalue weighted by atomic mass is 16.2. The van der Waals surface area contributed by atoms with Crippen LogP contribution in [0.15, 0.2) is 30.3 Å². The van der Waals surface area contributed by atoms with Gasteiger partial charge in [0, 0.05) is 18.5 Å². The molecule has 0 aliphatic carbocycles. The molecule has 0 saturated heterocycles. The van der Waals surface area contributed by atoms with Gasteiger partial charge in [0.1, 0.15) is 5.82 Å². The molecule has 1 aromatic carbocycles. The molecule has 0 radical (unpaired) electrons. The maximum atomic E-state index is 12.3. The number of likely N-dealkylation sites (N-methyl/N-ethyl adjacent to an activating group) is 1. The zero-order valence-electron chi connectivity index (χ0n) is 11.7.